The van der Waals surface area contributed by atoms with Crippen molar-refractivity contribution in [2.75, 3.05) is 13.7 Å². The third-order valence-electron chi connectivity index (χ3n) is 5.85. The van der Waals surface area contributed by atoms with Crippen LogP contribution in [0.1, 0.15) is 42.9 Å². The number of rotatable bonds is 7. The summed E-state index contributed by atoms with van der Waals surface area (Å²) in [4.78, 5) is 15.2. The number of fused-ring (bicyclic) bond motifs is 3. The van der Waals surface area contributed by atoms with Crippen LogP contribution in [0.25, 0.3) is 0 Å². The summed E-state index contributed by atoms with van der Waals surface area (Å²) < 4.78 is 7.42. The fraction of sp³-hybridized carbons (Fsp3) is 0.571. The van der Waals surface area contributed by atoms with Crippen molar-refractivity contribution in [2.45, 2.75) is 63.6 Å². The molecule has 144 valence electrons. The minimum Gasteiger partial charge on any atom is -0.384 e. The lowest BCUT2D eigenvalue weighted by Gasteiger charge is -2.28. The number of carbonyl (C=O) groups excluding carboxylic acids is 1. The molecule has 6 nitrogen and oxygen atoms in total. The Kier molecular flexibility index (Phi) is 5.53. The summed E-state index contributed by atoms with van der Waals surface area (Å²) in [6.07, 6.45) is 6.24. The van der Waals surface area contributed by atoms with Crippen LogP contribution in [-0.2, 0) is 35.3 Å². The minimum absolute atomic E-state index is 0.276. The monoisotopic (exact) mass is 368 g/mol. The number of hydrogen-bond acceptors (Lipinski definition) is 4. The van der Waals surface area contributed by atoms with Crippen molar-refractivity contribution >= 4 is 5.91 Å². The molecule has 2 aromatic rings. The molecule has 1 aromatic heterocycles. The van der Waals surface area contributed by atoms with E-state index >= 15 is 0 Å². The maximum atomic E-state index is 13.0. The fourth-order valence-corrected chi connectivity index (χ4v) is 4.50. The Balaban J connectivity index is 1.39. The lowest BCUT2D eigenvalue weighted by molar-refractivity contribution is -0.134. The molecule has 2 bridgehead atoms. The molecular formula is C21H28N4O2. The summed E-state index contributed by atoms with van der Waals surface area (Å²) in [5, 5.41) is 8.76. The van der Waals surface area contributed by atoms with Gasteiger partial charge in [-0.3, -0.25) is 4.79 Å². The molecule has 0 aliphatic carbocycles. The Hall–Kier alpha value is -2.21. The Labute approximate surface area is 160 Å². The van der Waals surface area contributed by atoms with E-state index in [-0.39, 0.29) is 12.1 Å². The number of benzene rings is 1. The molecule has 0 saturated carbocycles. The van der Waals surface area contributed by atoms with Crippen molar-refractivity contribution < 1.29 is 9.53 Å². The Bertz CT molecular complexity index is 774. The molecule has 1 amide bonds. The summed E-state index contributed by atoms with van der Waals surface area (Å²) in [6, 6.07) is 11.0. The molecular weight excluding hydrogens is 340 g/mol. The van der Waals surface area contributed by atoms with Crippen molar-refractivity contribution in [2.24, 2.45) is 0 Å². The molecule has 2 atom stereocenters. The highest BCUT2D eigenvalue weighted by Crippen LogP contribution is 2.32. The van der Waals surface area contributed by atoms with Crippen LogP contribution in [0, 0.1) is 0 Å². The highest BCUT2D eigenvalue weighted by atomic mass is 16.5. The van der Waals surface area contributed by atoms with Gasteiger partial charge < -0.3 is 14.2 Å². The van der Waals surface area contributed by atoms with E-state index in [1.54, 1.807) is 7.11 Å². The fourth-order valence-electron chi connectivity index (χ4n) is 4.50. The minimum atomic E-state index is 0.276. The van der Waals surface area contributed by atoms with Crippen LogP contribution in [0.15, 0.2) is 30.3 Å². The first-order valence-electron chi connectivity index (χ1n) is 10.0. The molecule has 1 aromatic carbocycles. The summed E-state index contributed by atoms with van der Waals surface area (Å²) in [5.74, 6) is 2.31. The quantitative estimate of drug-likeness (QED) is 0.753. The summed E-state index contributed by atoms with van der Waals surface area (Å²) >= 11 is 0. The van der Waals surface area contributed by atoms with Crippen molar-refractivity contribution in [1.82, 2.24) is 19.7 Å². The van der Waals surface area contributed by atoms with Gasteiger partial charge in [-0.1, -0.05) is 30.3 Å². The molecule has 4 rings (SSSR count). The van der Waals surface area contributed by atoms with Crippen LogP contribution < -0.4 is 0 Å². The van der Waals surface area contributed by atoms with Crippen LogP contribution in [0.2, 0.25) is 0 Å². The maximum Gasteiger partial charge on any atom is 0.223 e. The molecule has 0 N–H and O–H groups in total. The van der Waals surface area contributed by atoms with E-state index in [0.717, 1.165) is 56.7 Å². The van der Waals surface area contributed by atoms with Gasteiger partial charge in [0.15, 0.2) is 0 Å². The largest absolute Gasteiger partial charge is 0.384 e. The maximum absolute atomic E-state index is 13.0. The van der Waals surface area contributed by atoms with Crippen LogP contribution in [0.4, 0.5) is 0 Å². The Morgan fingerprint density at radius 3 is 2.78 bits per heavy atom. The second-order valence-electron chi connectivity index (χ2n) is 7.62. The van der Waals surface area contributed by atoms with E-state index in [1.807, 2.05) is 6.07 Å². The first-order chi connectivity index (χ1) is 13.3. The standard InChI is InChI=1S/C21H28N4O2/c1-27-13-12-19-22-23-20-14-17-10-11-18(15-24(19)20)25(17)21(26)9-5-8-16-6-3-2-4-7-16/h2-4,6-7,17-18H,5,8-15H2,1H3/t17-,18+/m0/s1. The highest BCUT2D eigenvalue weighted by Gasteiger charge is 2.40. The van der Waals surface area contributed by atoms with Crippen molar-refractivity contribution in [3.8, 4) is 0 Å². The van der Waals surface area contributed by atoms with E-state index in [1.165, 1.54) is 5.56 Å². The van der Waals surface area contributed by atoms with Gasteiger partial charge in [-0.2, -0.15) is 0 Å². The van der Waals surface area contributed by atoms with Gasteiger partial charge in [-0.15, -0.1) is 10.2 Å². The average molecular weight is 368 g/mol. The zero-order valence-corrected chi connectivity index (χ0v) is 16.0. The molecule has 1 fully saturated rings. The SMILES string of the molecule is COCCc1nnc2n1C[C@H]1CC[C@@H](C2)N1C(=O)CCCc1ccccc1. The van der Waals surface area contributed by atoms with Gasteiger partial charge >= 0.3 is 0 Å². The number of aryl methyl sites for hydroxylation is 1. The van der Waals surface area contributed by atoms with Crippen LogP contribution in [0.3, 0.4) is 0 Å². The van der Waals surface area contributed by atoms with Gasteiger partial charge in [0.25, 0.3) is 0 Å². The molecule has 27 heavy (non-hydrogen) atoms. The number of nitrogens with zero attached hydrogens (tertiary/aromatic N) is 4. The summed E-state index contributed by atoms with van der Waals surface area (Å²) in [6.45, 7) is 1.47. The highest BCUT2D eigenvalue weighted by molar-refractivity contribution is 5.77. The third-order valence-corrected chi connectivity index (χ3v) is 5.85. The predicted molar refractivity (Wildman–Crippen MR) is 102 cm³/mol. The molecule has 0 spiro atoms. The van der Waals surface area contributed by atoms with Gasteiger partial charge in [-0.25, -0.2) is 0 Å². The van der Waals surface area contributed by atoms with Crippen molar-refractivity contribution in [1.29, 1.82) is 0 Å². The van der Waals surface area contributed by atoms with Gasteiger partial charge in [0.05, 0.1) is 12.6 Å². The average Bonchev–Trinajstić information content (AvgIpc) is 3.20. The Morgan fingerprint density at radius 1 is 1.15 bits per heavy atom. The second-order valence-corrected chi connectivity index (χ2v) is 7.62. The first-order valence-corrected chi connectivity index (χ1v) is 10.0. The van der Waals surface area contributed by atoms with E-state index in [0.29, 0.717) is 18.9 Å². The normalized spacial score (nSPS) is 21.1. The molecule has 0 unspecified atom stereocenters. The third kappa shape index (κ3) is 3.90. The number of ether oxygens (including phenoxy) is 1. The number of methoxy groups -OCH3 is 1. The number of hydrogen-bond donors (Lipinski definition) is 0. The molecule has 1 saturated heterocycles. The summed E-state index contributed by atoms with van der Waals surface area (Å²) in [5.41, 5.74) is 1.30. The van der Waals surface area contributed by atoms with Crippen molar-refractivity contribution in [3.63, 3.8) is 0 Å². The predicted octanol–water partition coefficient (Wildman–Crippen LogP) is 2.41. The lowest BCUT2D eigenvalue weighted by Crippen LogP contribution is -2.42. The molecule has 2 aliphatic rings. The first kappa shape index (κ1) is 18.2. The summed E-state index contributed by atoms with van der Waals surface area (Å²) in [7, 11) is 1.71. The van der Waals surface area contributed by atoms with Crippen LogP contribution >= 0.6 is 0 Å². The number of carbonyl (C=O) groups is 1. The molecule has 2 aliphatic heterocycles. The molecule has 3 heterocycles. The topological polar surface area (TPSA) is 60.3 Å². The number of aromatic nitrogens is 3. The molecule has 6 heteroatoms. The van der Waals surface area contributed by atoms with Gasteiger partial charge in [0.1, 0.15) is 11.6 Å². The van der Waals surface area contributed by atoms with Crippen LogP contribution in [-0.4, -0.2) is 51.4 Å². The lowest BCUT2D eigenvalue weighted by atomic mass is 10.1. The van der Waals surface area contributed by atoms with E-state index < -0.39 is 0 Å². The Morgan fingerprint density at radius 2 is 1.96 bits per heavy atom. The zero-order chi connectivity index (χ0) is 18.6. The van der Waals surface area contributed by atoms with Gasteiger partial charge in [0, 0.05) is 39.0 Å². The van der Waals surface area contributed by atoms with Gasteiger partial charge in [-0.05, 0) is 31.2 Å². The smallest absolute Gasteiger partial charge is 0.223 e. The van der Waals surface area contributed by atoms with Crippen LogP contribution in [0.5, 0.6) is 0 Å². The van der Waals surface area contributed by atoms with E-state index in [9.17, 15) is 4.79 Å². The molecule has 0 radical (unpaired) electrons. The van der Waals surface area contributed by atoms with E-state index in [4.69, 9.17) is 4.74 Å². The zero-order valence-electron chi connectivity index (χ0n) is 16.0. The van der Waals surface area contributed by atoms with E-state index in [2.05, 4.69) is 43.9 Å². The van der Waals surface area contributed by atoms with Gasteiger partial charge in [0.2, 0.25) is 5.91 Å². The number of amides is 1. The van der Waals surface area contributed by atoms with Crippen molar-refractivity contribution in [3.05, 3.63) is 47.5 Å². The second kappa shape index (κ2) is 8.21.